The lowest BCUT2D eigenvalue weighted by Gasteiger charge is -2.19. The Labute approximate surface area is 158 Å². The normalized spacial score (nSPS) is 13.1. The van der Waals surface area contributed by atoms with E-state index in [1.807, 2.05) is 18.2 Å². The van der Waals surface area contributed by atoms with Crippen LogP contribution in [0.2, 0.25) is 0 Å². The number of benzene rings is 2. The standard InChI is InChI=1S/C22H23NO4/c1-3-16(17-7-5-4-6-8-17)14-23-22(25)15(2)26-19-11-9-18-10-12-21(24)27-20(18)13-19/h4-13,15-16H,3,14H2,1-2H3,(H,23,25)/t15-,16-/m1/s1. The minimum atomic E-state index is -0.661. The predicted molar refractivity (Wildman–Crippen MR) is 105 cm³/mol. The zero-order valence-electron chi connectivity index (χ0n) is 15.5. The van der Waals surface area contributed by atoms with Crippen LogP contribution in [0.15, 0.2) is 69.9 Å². The quantitative estimate of drug-likeness (QED) is 0.646. The number of hydrogen-bond donors (Lipinski definition) is 1. The van der Waals surface area contributed by atoms with Crippen LogP contribution in [0.4, 0.5) is 0 Å². The number of ether oxygens (including phenoxy) is 1. The molecule has 1 aromatic heterocycles. The molecule has 140 valence electrons. The fourth-order valence-electron chi connectivity index (χ4n) is 2.96. The Morgan fingerprint density at radius 1 is 1.11 bits per heavy atom. The summed E-state index contributed by atoms with van der Waals surface area (Å²) < 4.78 is 10.9. The van der Waals surface area contributed by atoms with Gasteiger partial charge in [-0.05, 0) is 37.1 Å². The van der Waals surface area contributed by atoms with Crippen LogP contribution in [-0.4, -0.2) is 18.6 Å². The van der Waals surface area contributed by atoms with Crippen LogP contribution < -0.4 is 15.7 Å². The molecule has 0 fully saturated rings. The Balaban J connectivity index is 1.61. The summed E-state index contributed by atoms with van der Waals surface area (Å²) in [6, 6.07) is 18.4. The van der Waals surface area contributed by atoms with Crippen molar-refractivity contribution in [2.45, 2.75) is 32.3 Å². The summed E-state index contributed by atoms with van der Waals surface area (Å²) in [4.78, 5) is 23.8. The van der Waals surface area contributed by atoms with Gasteiger partial charge in [-0.25, -0.2) is 4.79 Å². The maximum absolute atomic E-state index is 12.4. The molecule has 1 amide bonds. The molecule has 0 aliphatic carbocycles. The summed E-state index contributed by atoms with van der Waals surface area (Å²) in [5.41, 5.74) is 1.22. The Morgan fingerprint density at radius 3 is 2.59 bits per heavy atom. The Hall–Kier alpha value is -3.08. The Bertz CT molecular complexity index is 965. The van der Waals surface area contributed by atoms with Crippen LogP contribution in [0.1, 0.15) is 31.7 Å². The van der Waals surface area contributed by atoms with E-state index in [-0.39, 0.29) is 11.8 Å². The van der Waals surface area contributed by atoms with Gasteiger partial charge in [0.1, 0.15) is 11.3 Å². The van der Waals surface area contributed by atoms with E-state index >= 15 is 0 Å². The van der Waals surface area contributed by atoms with Crippen molar-refractivity contribution in [3.05, 3.63) is 76.6 Å². The van der Waals surface area contributed by atoms with Crippen molar-refractivity contribution in [2.24, 2.45) is 0 Å². The van der Waals surface area contributed by atoms with E-state index in [2.05, 4.69) is 24.4 Å². The molecule has 0 saturated heterocycles. The van der Waals surface area contributed by atoms with Crippen LogP contribution in [0, 0.1) is 0 Å². The number of nitrogens with one attached hydrogen (secondary N) is 1. The molecular formula is C22H23NO4. The third kappa shape index (κ3) is 4.76. The molecule has 2 aromatic carbocycles. The Morgan fingerprint density at radius 2 is 1.85 bits per heavy atom. The molecule has 27 heavy (non-hydrogen) atoms. The monoisotopic (exact) mass is 365 g/mol. The minimum absolute atomic E-state index is 0.181. The maximum atomic E-state index is 12.4. The van der Waals surface area contributed by atoms with Crippen molar-refractivity contribution in [2.75, 3.05) is 6.54 Å². The van der Waals surface area contributed by atoms with Gasteiger partial charge >= 0.3 is 5.63 Å². The van der Waals surface area contributed by atoms with E-state index < -0.39 is 11.7 Å². The molecule has 3 aromatic rings. The molecule has 5 heteroatoms. The number of hydrogen-bond acceptors (Lipinski definition) is 4. The highest BCUT2D eigenvalue weighted by atomic mass is 16.5. The molecule has 0 radical (unpaired) electrons. The first-order valence-corrected chi connectivity index (χ1v) is 9.10. The molecule has 0 spiro atoms. The summed E-state index contributed by atoms with van der Waals surface area (Å²) in [7, 11) is 0. The largest absolute Gasteiger partial charge is 0.481 e. The van der Waals surface area contributed by atoms with Crippen LogP contribution in [-0.2, 0) is 4.79 Å². The lowest BCUT2D eigenvalue weighted by molar-refractivity contribution is -0.127. The summed E-state index contributed by atoms with van der Waals surface area (Å²) in [5.74, 6) is 0.561. The van der Waals surface area contributed by atoms with Gasteiger partial charge in [-0.3, -0.25) is 4.79 Å². The van der Waals surface area contributed by atoms with E-state index in [0.717, 1.165) is 11.8 Å². The third-order valence-electron chi connectivity index (χ3n) is 4.56. The van der Waals surface area contributed by atoms with E-state index in [9.17, 15) is 9.59 Å². The summed E-state index contributed by atoms with van der Waals surface area (Å²) >= 11 is 0. The SMILES string of the molecule is CC[C@H](CNC(=O)[C@@H](C)Oc1ccc2ccc(=O)oc2c1)c1ccccc1. The first kappa shape index (κ1) is 18.7. The summed E-state index contributed by atoms with van der Waals surface area (Å²) in [6.45, 7) is 4.36. The van der Waals surface area contributed by atoms with Crippen molar-refractivity contribution in [3.63, 3.8) is 0 Å². The lowest BCUT2D eigenvalue weighted by Crippen LogP contribution is -2.38. The molecule has 0 bridgehead atoms. The fourth-order valence-corrected chi connectivity index (χ4v) is 2.96. The molecule has 5 nitrogen and oxygen atoms in total. The second-order valence-corrected chi connectivity index (χ2v) is 6.48. The second kappa shape index (κ2) is 8.54. The number of rotatable bonds is 7. The van der Waals surface area contributed by atoms with E-state index in [1.165, 1.54) is 11.6 Å². The van der Waals surface area contributed by atoms with Gasteiger partial charge in [0.2, 0.25) is 0 Å². The molecule has 0 unspecified atom stereocenters. The Kier molecular flexibility index (Phi) is 5.91. The first-order chi connectivity index (χ1) is 13.1. The van der Waals surface area contributed by atoms with E-state index in [1.54, 1.807) is 31.2 Å². The topological polar surface area (TPSA) is 68.5 Å². The van der Waals surface area contributed by atoms with Gasteiger partial charge in [-0.15, -0.1) is 0 Å². The number of amides is 1. The second-order valence-electron chi connectivity index (χ2n) is 6.48. The zero-order chi connectivity index (χ0) is 19.2. The molecule has 0 saturated carbocycles. The predicted octanol–water partition coefficient (Wildman–Crippen LogP) is 3.87. The smallest absolute Gasteiger partial charge is 0.336 e. The van der Waals surface area contributed by atoms with Gasteiger partial charge in [0, 0.05) is 30.0 Å². The highest BCUT2D eigenvalue weighted by Crippen LogP contribution is 2.21. The highest BCUT2D eigenvalue weighted by molar-refractivity contribution is 5.81. The summed E-state index contributed by atoms with van der Waals surface area (Å²) in [6.07, 6.45) is 0.273. The number of fused-ring (bicyclic) bond motifs is 1. The van der Waals surface area contributed by atoms with Crippen molar-refractivity contribution in [3.8, 4) is 5.75 Å². The van der Waals surface area contributed by atoms with Gasteiger partial charge in [-0.2, -0.15) is 0 Å². The average Bonchev–Trinajstić information content (AvgIpc) is 2.68. The molecule has 1 heterocycles. The fraction of sp³-hybridized carbons (Fsp3) is 0.273. The van der Waals surface area contributed by atoms with Crippen molar-refractivity contribution < 1.29 is 13.9 Å². The van der Waals surface area contributed by atoms with Gasteiger partial charge in [-0.1, -0.05) is 37.3 Å². The summed E-state index contributed by atoms with van der Waals surface area (Å²) in [5, 5.41) is 3.76. The minimum Gasteiger partial charge on any atom is -0.481 e. The van der Waals surface area contributed by atoms with Crippen LogP contribution in [0.3, 0.4) is 0 Å². The molecule has 0 aliphatic heterocycles. The lowest BCUT2D eigenvalue weighted by atomic mass is 9.96. The van der Waals surface area contributed by atoms with Crippen LogP contribution in [0.5, 0.6) is 5.75 Å². The maximum Gasteiger partial charge on any atom is 0.336 e. The van der Waals surface area contributed by atoms with Crippen LogP contribution in [0.25, 0.3) is 11.0 Å². The third-order valence-corrected chi connectivity index (χ3v) is 4.56. The van der Waals surface area contributed by atoms with E-state index in [4.69, 9.17) is 9.15 Å². The first-order valence-electron chi connectivity index (χ1n) is 9.10. The molecular weight excluding hydrogens is 342 g/mol. The number of carbonyl (C=O) groups excluding carboxylic acids is 1. The molecule has 1 N–H and O–H groups in total. The van der Waals surface area contributed by atoms with Gasteiger partial charge in [0.15, 0.2) is 6.10 Å². The van der Waals surface area contributed by atoms with Crippen molar-refractivity contribution in [1.82, 2.24) is 5.32 Å². The van der Waals surface area contributed by atoms with Gasteiger partial charge < -0.3 is 14.5 Å². The van der Waals surface area contributed by atoms with Crippen LogP contribution >= 0.6 is 0 Å². The number of carbonyl (C=O) groups is 1. The highest BCUT2D eigenvalue weighted by Gasteiger charge is 2.17. The average molecular weight is 365 g/mol. The van der Waals surface area contributed by atoms with Gasteiger partial charge in [0.05, 0.1) is 0 Å². The van der Waals surface area contributed by atoms with Crippen molar-refractivity contribution in [1.29, 1.82) is 0 Å². The zero-order valence-corrected chi connectivity index (χ0v) is 15.5. The molecule has 3 rings (SSSR count). The van der Waals surface area contributed by atoms with Gasteiger partial charge in [0.25, 0.3) is 5.91 Å². The van der Waals surface area contributed by atoms with E-state index in [0.29, 0.717) is 17.9 Å². The van der Waals surface area contributed by atoms with Crippen molar-refractivity contribution >= 4 is 16.9 Å². The molecule has 0 aliphatic rings. The molecule has 2 atom stereocenters.